The van der Waals surface area contributed by atoms with Crippen LogP contribution < -0.4 is 0 Å². The normalized spacial score (nSPS) is 12.2. The first-order valence-electron chi connectivity index (χ1n) is 4.13. The summed E-state index contributed by atoms with van der Waals surface area (Å²) in [5, 5.41) is 9.16. The van der Waals surface area contributed by atoms with Gasteiger partial charge in [-0.25, -0.2) is 0 Å². The minimum atomic E-state index is -0.757. The van der Waals surface area contributed by atoms with E-state index in [1.54, 1.807) is 38.2 Å². The van der Waals surface area contributed by atoms with Gasteiger partial charge in [0.15, 0.2) is 0 Å². The monoisotopic (exact) mass is 179 g/mol. The van der Waals surface area contributed by atoms with Crippen LogP contribution in [0.2, 0.25) is 0 Å². The number of nitrogens with zero attached hydrogens (tertiary/aromatic N) is 1. The van der Waals surface area contributed by atoms with Gasteiger partial charge in [-0.1, -0.05) is 18.2 Å². The largest absolute Gasteiger partial charge is 0.374 e. The molecule has 3 heteroatoms. The van der Waals surface area contributed by atoms with Crippen LogP contribution in [-0.2, 0) is 0 Å². The van der Waals surface area contributed by atoms with Crippen LogP contribution in [0.4, 0.5) is 0 Å². The van der Waals surface area contributed by atoms with Crippen LogP contribution in [0, 0.1) is 0 Å². The molecule has 0 saturated carbocycles. The molecule has 0 saturated heterocycles. The topological polar surface area (TPSA) is 40.5 Å². The highest BCUT2D eigenvalue weighted by Crippen LogP contribution is 2.04. The first-order valence-corrected chi connectivity index (χ1v) is 4.13. The van der Waals surface area contributed by atoms with Gasteiger partial charge in [-0.2, -0.15) is 0 Å². The highest BCUT2D eigenvalue weighted by Gasteiger charge is 2.14. The van der Waals surface area contributed by atoms with Crippen molar-refractivity contribution in [2.45, 2.75) is 13.2 Å². The van der Waals surface area contributed by atoms with Gasteiger partial charge in [-0.3, -0.25) is 4.79 Å². The highest BCUT2D eigenvalue weighted by molar-refractivity contribution is 5.94. The molecule has 0 aliphatic rings. The van der Waals surface area contributed by atoms with Crippen molar-refractivity contribution in [3.05, 3.63) is 35.9 Å². The molecule has 1 rings (SSSR count). The average Bonchev–Trinajstić information content (AvgIpc) is 2.17. The van der Waals surface area contributed by atoms with Gasteiger partial charge in [0.1, 0.15) is 6.23 Å². The third-order valence-corrected chi connectivity index (χ3v) is 1.90. The van der Waals surface area contributed by atoms with Crippen molar-refractivity contribution >= 4 is 5.91 Å². The molecular weight excluding hydrogens is 166 g/mol. The summed E-state index contributed by atoms with van der Waals surface area (Å²) in [6, 6.07) is 8.88. The number of carbonyl (C=O) groups is 1. The molecule has 1 amide bonds. The Kier molecular flexibility index (Phi) is 3.03. The Balaban J connectivity index is 2.80. The predicted molar refractivity (Wildman–Crippen MR) is 50.2 cm³/mol. The van der Waals surface area contributed by atoms with Crippen molar-refractivity contribution in [3.63, 3.8) is 0 Å². The van der Waals surface area contributed by atoms with E-state index in [0.717, 1.165) is 0 Å². The van der Waals surface area contributed by atoms with E-state index in [1.807, 2.05) is 6.07 Å². The first kappa shape index (κ1) is 9.74. The van der Waals surface area contributed by atoms with E-state index in [-0.39, 0.29) is 5.91 Å². The van der Waals surface area contributed by atoms with Gasteiger partial charge in [0.2, 0.25) is 0 Å². The summed E-state index contributed by atoms with van der Waals surface area (Å²) in [4.78, 5) is 12.8. The lowest BCUT2D eigenvalue weighted by molar-refractivity contribution is 0.0293. The van der Waals surface area contributed by atoms with Gasteiger partial charge in [0.05, 0.1) is 0 Å². The van der Waals surface area contributed by atoms with Crippen molar-refractivity contribution in [1.82, 2.24) is 4.90 Å². The lowest BCUT2D eigenvalue weighted by Gasteiger charge is -2.19. The van der Waals surface area contributed by atoms with Crippen LogP contribution in [0.1, 0.15) is 17.3 Å². The molecule has 0 radical (unpaired) electrons. The summed E-state index contributed by atoms with van der Waals surface area (Å²) in [6.45, 7) is 1.56. The molecule has 0 bridgehead atoms. The molecule has 0 heterocycles. The molecule has 13 heavy (non-hydrogen) atoms. The molecule has 1 aromatic carbocycles. The summed E-state index contributed by atoms with van der Waals surface area (Å²) in [5.41, 5.74) is 0.589. The van der Waals surface area contributed by atoms with Crippen LogP contribution in [0.5, 0.6) is 0 Å². The summed E-state index contributed by atoms with van der Waals surface area (Å²) in [5.74, 6) is -0.171. The van der Waals surface area contributed by atoms with Crippen LogP contribution in [-0.4, -0.2) is 29.2 Å². The maximum atomic E-state index is 11.6. The maximum absolute atomic E-state index is 11.6. The summed E-state index contributed by atoms with van der Waals surface area (Å²) in [7, 11) is 1.57. The van der Waals surface area contributed by atoms with Crippen molar-refractivity contribution in [2.24, 2.45) is 0 Å². The number of hydrogen-bond donors (Lipinski definition) is 1. The molecule has 0 aliphatic carbocycles. The van der Waals surface area contributed by atoms with E-state index in [1.165, 1.54) is 4.90 Å². The smallest absolute Gasteiger partial charge is 0.255 e. The summed E-state index contributed by atoms with van der Waals surface area (Å²) < 4.78 is 0. The molecular formula is C10H13NO2. The Morgan fingerprint density at radius 1 is 1.38 bits per heavy atom. The lowest BCUT2D eigenvalue weighted by atomic mass is 10.2. The number of aliphatic hydroxyl groups is 1. The fourth-order valence-electron chi connectivity index (χ4n) is 0.954. The van der Waals surface area contributed by atoms with Crippen LogP contribution >= 0.6 is 0 Å². The van der Waals surface area contributed by atoms with E-state index >= 15 is 0 Å². The quantitative estimate of drug-likeness (QED) is 0.690. The van der Waals surface area contributed by atoms with Crippen molar-refractivity contribution in [2.75, 3.05) is 7.05 Å². The second-order valence-electron chi connectivity index (χ2n) is 2.91. The predicted octanol–water partition coefficient (Wildman–Crippen LogP) is 1.10. The minimum absolute atomic E-state index is 0.171. The van der Waals surface area contributed by atoms with Crippen LogP contribution in [0.15, 0.2) is 30.3 Å². The number of amides is 1. The standard InChI is InChI=1S/C10H13NO2/c1-8(12)11(2)10(13)9-6-4-3-5-7-9/h3-8,12H,1-2H3. The van der Waals surface area contributed by atoms with Crippen LogP contribution in [0.3, 0.4) is 0 Å². The number of carbonyl (C=O) groups excluding carboxylic acids is 1. The van der Waals surface area contributed by atoms with Crippen molar-refractivity contribution in [3.8, 4) is 0 Å². The van der Waals surface area contributed by atoms with Crippen molar-refractivity contribution in [1.29, 1.82) is 0 Å². The van der Waals surface area contributed by atoms with Crippen LogP contribution in [0.25, 0.3) is 0 Å². The molecule has 3 nitrogen and oxygen atoms in total. The molecule has 0 aromatic heterocycles. The van der Waals surface area contributed by atoms with Gasteiger partial charge in [0, 0.05) is 12.6 Å². The Labute approximate surface area is 77.6 Å². The van der Waals surface area contributed by atoms with E-state index in [4.69, 9.17) is 5.11 Å². The van der Waals surface area contributed by atoms with Gasteiger partial charge < -0.3 is 10.0 Å². The zero-order valence-electron chi connectivity index (χ0n) is 7.77. The second kappa shape index (κ2) is 4.05. The van der Waals surface area contributed by atoms with Crippen molar-refractivity contribution < 1.29 is 9.90 Å². The zero-order chi connectivity index (χ0) is 9.84. The molecule has 1 aromatic rings. The number of aliphatic hydroxyl groups excluding tert-OH is 1. The molecule has 1 N–H and O–H groups in total. The summed E-state index contributed by atoms with van der Waals surface area (Å²) >= 11 is 0. The number of rotatable bonds is 2. The molecule has 1 unspecified atom stereocenters. The third-order valence-electron chi connectivity index (χ3n) is 1.90. The van der Waals surface area contributed by atoms with E-state index < -0.39 is 6.23 Å². The SMILES string of the molecule is CC(O)N(C)C(=O)c1ccccc1. The molecule has 0 spiro atoms. The van der Waals surface area contributed by atoms with E-state index in [0.29, 0.717) is 5.56 Å². The Morgan fingerprint density at radius 3 is 2.38 bits per heavy atom. The third kappa shape index (κ3) is 2.29. The molecule has 1 atom stereocenters. The lowest BCUT2D eigenvalue weighted by Crippen LogP contribution is -2.34. The highest BCUT2D eigenvalue weighted by atomic mass is 16.3. The second-order valence-corrected chi connectivity index (χ2v) is 2.91. The minimum Gasteiger partial charge on any atom is -0.374 e. The number of benzene rings is 1. The molecule has 0 aliphatic heterocycles. The van der Waals surface area contributed by atoms with Gasteiger partial charge in [0.25, 0.3) is 5.91 Å². The fraction of sp³-hybridized carbons (Fsp3) is 0.300. The van der Waals surface area contributed by atoms with Gasteiger partial charge >= 0.3 is 0 Å². The average molecular weight is 179 g/mol. The maximum Gasteiger partial charge on any atom is 0.255 e. The fourth-order valence-corrected chi connectivity index (χ4v) is 0.954. The Morgan fingerprint density at radius 2 is 1.92 bits per heavy atom. The van der Waals surface area contributed by atoms with E-state index in [2.05, 4.69) is 0 Å². The van der Waals surface area contributed by atoms with Gasteiger partial charge in [-0.05, 0) is 19.1 Å². The Bertz CT molecular complexity index is 282. The zero-order valence-corrected chi connectivity index (χ0v) is 7.77. The van der Waals surface area contributed by atoms with E-state index in [9.17, 15) is 4.79 Å². The first-order chi connectivity index (χ1) is 6.13. The summed E-state index contributed by atoms with van der Waals surface area (Å²) in [6.07, 6.45) is -0.757. The number of hydrogen-bond acceptors (Lipinski definition) is 2. The molecule has 0 fully saturated rings. The van der Waals surface area contributed by atoms with Gasteiger partial charge in [-0.15, -0.1) is 0 Å². The Hall–Kier alpha value is -1.35. The molecule has 70 valence electrons.